The maximum atomic E-state index is 12.1. The molecule has 1 aliphatic carbocycles. The number of ether oxygens (including phenoxy) is 1. The van der Waals surface area contributed by atoms with E-state index in [9.17, 15) is 4.79 Å². The van der Waals surface area contributed by atoms with Crippen molar-refractivity contribution in [3.63, 3.8) is 0 Å². The second kappa shape index (κ2) is 5.08. The highest BCUT2D eigenvalue weighted by molar-refractivity contribution is 7.14. The first-order valence-corrected chi connectivity index (χ1v) is 6.98. The van der Waals surface area contributed by atoms with E-state index in [0.717, 1.165) is 29.9 Å². The number of hydrogen-bond acceptors (Lipinski definition) is 3. The van der Waals surface area contributed by atoms with Crippen molar-refractivity contribution in [2.45, 2.75) is 45.6 Å². The van der Waals surface area contributed by atoms with Gasteiger partial charge < -0.3 is 10.1 Å². The van der Waals surface area contributed by atoms with Crippen molar-refractivity contribution in [1.82, 2.24) is 5.32 Å². The summed E-state index contributed by atoms with van der Waals surface area (Å²) < 4.78 is 5.41. The second-order valence-corrected chi connectivity index (χ2v) is 5.61. The molecule has 1 heterocycles. The predicted octanol–water partition coefficient (Wildman–Crippen LogP) is 2.77. The number of aryl methyl sites for hydroxylation is 1. The van der Waals surface area contributed by atoms with Crippen molar-refractivity contribution in [2.75, 3.05) is 7.11 Å². The van der Waals surface area contributed by atoms with E-state index in [1.807, 2.05) is 6.92 Å². The van der Waals surface area contributed by atoms with Crippen LogP contribution in [0.25, 0.3) is 0 Å². The maximum Gasteiger partial charge on any atom is 0.265 e. The van der Waals surface area contributed by atoms with Crippen LogP contribution in [0.4, 0.5) is 0 Å². The Morgan fingerprint density at radius 3 is 2.94 bits per heavy atom. The molecule has 1 aromatic heterocycles. The van der Waals surface area contributed by atoms with Crippen LogP contribution in [0.5, 0.6) is 5.75 Å². The van der Waals surface area contributed by atoms with Crippen LogP contribution in [0, 0.1) is 0 Å². The minimum absolute atomic E-state index is 0.00981. The lowest BCUT2D eigenvalue weighted by Crippen LogP contribution is -2.31. The molecule has 3 nitrogen and oxygen atoms in total. The van der Waals surface area contributed by atoms with Gasteiger partial charge in [0.05, 0.1) is 7.11 Å². The van der Waals surface area contributed by atoms with Gasteiger partial charge in [-0.1, -0.05) is 6.92 Å². The van der Waals surface area contributed by atoms with Crippen LogP contribution in [0.2, 0.25) is 0 Å². The van der Waals surface area contributed by atoms with Gasteiger partial charge in [0.25, 0.3) is 5.91 Å². The fourth-order valence-corrected chi connectivity index (χ4v) is 3.39. The number of nitrogens with one attached hydrogen (secondary N) is 1. The van der Waals surface area contributed by atoms with Crippen molar-refractivity contribution in [3.8, 4) is 5.75 Å². The van der Waals surface area contributed by atoms with Crippen molar-refractivity contribution in [2.24, 2.45) is 0 Å². The lowest BCUT2D eigenvalue weighted by atomic mass is 10.2. The van der Waals surface area contributed by atoms with Gasteiger partial charge in [0, 0.05) is 16.5 Å². The van der Waals surface area contributed by atoms with Gasteiger partial charge in [-0.2, -0.15) is 0 Å². The molecule has 1 aromatic rings. The summed E-state index contributed by atoms with van der Waals surface area (Å²) in [5.74, 6) is 0.818. The van der Waals surface area contributed by atoms with Crippen LogP contribution in [-0.2, 0) is 12.8 Å². The van der Waals surface area contributed by atoms with Crippen molar-refractivity contribution in [1.29, 1.82) is 0 Å². The van der Waals surface area contributed by atoms with E-state index < -0.39 is 0 Å². The van der Waals surface area contributed by atoms with E-state index in [4.69, 9.17) is 4.74 Å². The first kappa shape index (κ1) is 12.4. The zero-order valence-corrected chi connectivity index (χ0v) is 11.4. The molecule has 0 saturated carbocycles. The fraction of sp³-hybridized carbons (Fsp3) is 0.615. The Balaban J connectivity index is 2.24. The average molecular weight is 253 g/mol. The molecular weight excluding hydrogens is 234 g/mol. The maximum absolute atomic E-state index is 12.1. The third-order valence-corrected chi connectivity index (χ3v) is 4.54. The average Bonchev–Trinajstić information content (AvgIpc) is 2.87. The summed E-state index contributed by atoms with van der Waals surface area (Å²) in [6, 6.07) is 0.212. The number of carbonyl (C=O) groups is 1. The van der Waals surface area contributed by atoms with Gasteiger partial charge in [-0.25, -0.2) is 0 Å². The number of amides is 1. The van der Waals surface area contributed by atoms with Crippen LogP contribution in [0.1, 0.15) is 46.8 Å². The Kier molecular flexibility index (Phi) is 3.72. The lowest BCUT2D eigenvalue weighted by Gasteiger charge is -2.11. The molecule has 2 rings (SSSR count). The van der Waals surface area contributed by atoms with Gasteiger partial charge in [0.15, 0.2) is 0 Å². The van der Waals surface area contributed by atoms with Crippen molar-refractivity contribution < 1.29 is 9.53 Å². The topological polar surface area (TPSA) is 38.3 Å². The summed E-state index contributed by atoms with van der Waals surface area (Å²) in [4.78, 5) is 14.2. The van der Waals surface area contributed by atoms with Gasteiger partial charge in [0.2, 0.25) is 0 Å². The van der Waals surface area contributed by atoms with Crippen LogP contribution >= 0.6 is 11.3 Å². The van der Waals surface area contributed by atoms with Gasteiger partial charge in [-0.05, 0) is 32.6 Å². The molecule has 1 atom stereocenters. The zero-order valence-electron chi connectivity index (χ0n) is 10.6. The highest BCUT2D eigenvalue weighted by Gasteiger charge is 2.26. The first-order chi connectivity index (χ1) is 8.17. The second-order valence-electron chi connectivity index (χ2n) is 4.50. The minimum atomic E-state index is 0.00981. The quantitative estimate of drug-likeness (QED) is 0.896. The summed E-state index contributed by atoms with van der Waals surface area (Å²) in [7, 11) is 1.65. The number of methoxy groups -OCH3 is 1. The molecule has 0 aliphatic heterocycles. The summed E-state index contributed by atoms with van der Waals surface area (Å²) in [5, 5.41) is 3.00. The third-order valence-electron chi connectivity index (χ3n) is 3.27. The Labute approximate surface area is 106 Å². The highest BCUT2D eigenvalue weighted by atomic mass is 32.1. The lowest BCUT2D eigenvalue weighted by molar-refractivity contribution is 0.0940. The van der Waals surface area contributed by atoms with Crippen LogP contribution in [0.3, 0.4) is 0 Å². The van der Waals surface area contributed by atoms with Gasteiger partial charge in [-0.15, -0.1) is 11.3 Å². The zero-order chi connectivity index (χ0) is 12.4. The molecule has 0 fully saturated rings. The largest absolute Gasteiger partial charge is 0.495 e. The summed E-state index contributed by atoms with van der Waals surface area (Å²) >= 11 is 1.60. The molecule has 1 aliphatic rings. The summed E-state index contributed by atoms with van der Waals surface area (Å²) in [6.07, 6.45) is 4.27. The SMILES string of the molecule is CCC(C)NC(=O)c1sc2c(c1OC)CCC2. The third kappa shape index (κ3) is 2.32. The molecule has 0 radical (unpaired) electrons. The number of carbonyl (C=O) groups excluding carboxylic acids is 1. The molecule has 0 bridgehead atoms. The van der Waals surface area contributed by atoms with Gasteiger partial charge in [0.1, 0.15) is 10.6 Å². The number of hydrogen-bond donors (Lipinski definition) is 1. The summed E-state index contributed by atoms with van der Waals surface area (Å²) in [6.45, 7) is 4.09. The molecule has 0 spiro atoms. The molecule has 94 valence electrons. The first-order valence-electron chi connectivity index (χ1n) is 6.16. The minimum Gasteiger partial charge on any atom is -0.495 e. The Morgan fingerprint density at radius 1 is 1.53 bits per heavy atom. The van der Waals surface area contributed by atoms with Gasteiger partial charge >= 0.3 is 0 Å². The highest BCUT2D eigenvalue weighted by Crippen LogP contribution is 2.40. The molecular formula is C13H19NO2S. The normalized spacial score (nSPS) is 15.5. The van der Waals surface area contributed by atoms with Crippen molar-refractivity contribution >= 4 is 17.2 Å². The smallest absolute Gasteiger partial charge is 0.265 e. The van der Waals surface area contributed by atoms with E-state index in [0.29, 0.717) is 0 Å². The number of thiophene rings is 1. The monoisotopic (exact) mass is 253 g/mol. The molecule has 1 amide bonds. The molecule has 1 N–H and O–H groups in total. The van der Waals surface area contributed by atoms with E-state index in [2.05, 4.69) is 12.2 Å². The van der Waals surface area contributed by atoms with Crippen LogP contribution in [0.15, 0.2) is 0 Å². The summed E-state index contributed by atoms with van der Waals surface area (Å²) in [5.41, 5.74) is 1.26. The Hall–Kier alpha value is -1.03. The predicted molar refractivity (Wildman–Crippen MR) is 70.1 cm³/mol. The fourth-order valence-electron chi connectivity index (χ4n) is 2.13. The van der Waals surface area contributed by atoms with Crippen LogP contribution < -0.4 is 10.1 Å². The number of rotatable bonds is 4. The Morgan fingerprint density at radius 2 is 2.29 bits per heavy atom. The molecule has 0 saturated heterocycles. The molecule has 4 heteroatoms. The molecule has 0 aromatic carbocycles. The molecule has 1 unspecified atom stereocenters. The van der Waals surface area contributed by atoms with Crippen molar-refractivity contribution in [3.05, 3.63) is 15.3 Å². The van der Waals surface area contributed by atoms with Crippen LogP contribution in [-0.4, -0.2) is 19.1 Å². The molecule has 17 heavy (non-hydrogen) atoms. The number of fused-ring (bicyclic) bond motifs is 1. The van der Waals surface area contributed by atoms with Gasteiger partial charge in [-0.3, -0.25) is 4.79 Å². The Bertz CT molecular complexity index is 425. The van der Waals surface area contributed by atoms with E-state index in [1.54, 1.807) is 18.4 Å². The standard InChI is InChI=1S/C13H19NO2S/c1-4-8(2)14-13(15)12-11(16-3)9-6-5-7-10(9)17-12/h8H,4-7H2,1-3H3,(H,14,15). The van der Waals surface area contributed by atoms with E-state index in [1.165, 1.54) is 16.9 Å². The van der Waals surface area contributed by atoms with E-state index in [-0.39, 0.29) is 11.9 Å². The van der Waals surface area contributed by atoms with E-state index >= 15 is 0 Å².